The van der Waals surface area contributed by atoms with E-state index < -0.39 is 0 Å². The van der Waals surface area contributed by atoms with Gasteiger partial charge in [-0.05, 0) is 71.5 Å². The average molecular weight is 402 g/mol. The number of rotatable bonds is 6. The van der Waals surface area contributed by atoms with Gasteiger partial charge in [0.15, 0.2) is 0 Å². The summed E-state index contributed by atoms with van der Waals surface area (Å²) in [5.74, 6) is 1.58. The van der Waals surface area contributed by atoms with Gasteiger partial charge in [0.1, 0.15) is 11.5 Å². The van der Waals surface area contributed by atoms with Crippen LogP contribution in [0.4, 0.5) is 0 Å². The van der Waals surface area contributed by atoms with Crippen LogP contribution in [0.1, 0.15) is 18.9 Å². The van der Waals surface area contributed by atoms with Crippen molar-refractivity contribution >= 4 is 34.2 Å². The molecule has 0 radical (unpaired) electrons. The van der Waals surface area contributed by atoms with Crippen molar-refractivity contribution in [2.45, 2.75) is 19.9 Å². The molecule has 0 aliphatic heterocycles. The summed E-state index contributed by atoms with van der Waals surface area (Å²) in [6, 6.07) is 13.8. The summed E-state index contributed by atoms with van der Waals surface area (Å²) in [5.41, 5.74) is 1.09. The first-order valence-electron chi connectivity index (χ1n) is 6.61. The molecule has 0 fully saturated rings. The molecule has 0 atom stereocenters. The van der Waals surface area contributed by atoms with Gasteiger partial charge in [-0.3, -0.25) is 0 Å². The predicted octanol–water partition coefficient (Wildman–Crippen LogP) is 5.24. The molecule has 1 N–H and O–H groups in total. The van der Waals surface area contributed by atoms with Crippen LogP contribution in [0.15, 0.2) is 42.5 Å². The molecule has 0 saturated carbocycles. The molecule has 0 aromatic heterocycles. The van der Waals surface area contributed by atoms with Crippen molar-refractivity contribution in [3.8, 4) is 11.5 Å². The molecule has 4 heteroatoms. The van der Waals surface area contributed by atoms with Gasteiger partial charge in [-0.2, -0.15) is 0 Å². The van der Waals surface area contributed by atoms with Crippen LogP contribution < -0.4 is 10.1 Å². The minimum absolute atomic E-state index is 0.733. The van der Waals surface area contributed by atoms with Crippen LogP contribution in [0.3, 0.4) is 0 Å². The second-order valence-corrected chi connectivity index (χ2v) is 6.14. The third kappa shape index (κ3) is 4.65. The van der Waals surface area contributed by atoms with Crippen molar-refractivity contribution in [3.05, 3.63) is 56.6 Å². The van der Waals surface area contributed by atoms with E-state index in [-0.39, 0.29) is 0 Å². The van der Waals surface area contributed by atoms with Crippen molar-refractivity contribution in [2.75, 3.05) is 6.54 Å². The zero-order chi connectivity index (χ0) is 14.4. The SMILES string of the molecule is CCCNCc1ccc(Oc2cccc(I)c2)cc1Cl. The second kappa shape index (κ2) is 7.86. The van der Waals surface area contributed by atoms with Crippen LogP contribution in [0, 0.1) is 3.57 Å². The van der Waals surface area contributed by atoms with E-state index in [0.29, 0.717) is 0 Å². The number of ether oxygens (including phenoxy) is 1. The summed E-state index contributed by atoms with van der Waals surface area (Å²) in [6.45, 7) is 3.93. The molecule has 0 unspecified atom stereocenters. The normalized spacial score (nSPS) is 10.6. The maximum absolute atomic E-state index is 6.28. The molecule has 2 nitrogen and oxygen atoms in total. The monoisotopic (exact) mass is 401 g/mol. The lowest BCUT2D eigenvalue weighted by Crippen LogP contribution is -2.13. The molecule has 0 amide bonds. The third-order valence-electron chi connectivity index (χ3n) is 2.80. The zero-order valence-electron chi connectivity index (χ0n) is 11.3. The van der Waals surface area contributed by atoms with E-state index in [1.807, 2.05) is 42.5 Å². The Morgan fingerprint density at radius 3 is 2.65 bits per heavy atom. The summed E-state index contributed by atoms with van der Waals surface area (Å²) in [5, 5.41) is 4.08. The summed E-state index contributed by atoms with van der Waals surface area (Å²) in [4.78, 5) is 0. The summed E-state index contributed by atoms with van der Waals surface area (Å²) >= 11 is 8.55. The van der Waals surface area contributed by atoms with Gasteiger partial charge in [0, 0.05) is 15.1 Å². The molecule has 2 rings (SSSR count). The summed E-state index contributed by atoms with van der Waals surface area (Å²) in [7, 11) is 0. The van der Waals surface area contributed by atoms with Gasteiger partial charge < -0.3 is 10.1 Å². The third-order valence-corrected chi connectivity index (χ3v) is 3.82. The van der Waals surface area contributed by atoms with Gasteiger partial charge in [-0.15, -0.1) is 0 Å². The number of halogens is 2. The van der Waals surface area contributed by atoms with E-state index in [4.69, 9.17) is 16.3 Å². The van der Waals surface area contributed by atoms with E-state index in [1.165, 1.54) is 0 Å². The maximum Gasteiger partial charge on any atom is 0.128 e. The van der Waals surface area contributed by atoms with Crippen LogP contribution in [0.25, 0.3) is 0 Å². The van der Waals surface area contributed by atoms with Crippen molar-refractivity contribution < 1.29 is 4.74 Å². The second-order valence-electron chi connectivity index (χ2n) is 4.49. The smallest absolute Gasteiger partial charge is 0.128 e. The number of benzene rings is 2. The average Bonchev–Trinajstić information content (AvgIpc) is 2.41. The number of hydrogen-bond acceptors (Lipinski definition) is 2. The fraction of sp³-hybridized carbons (Fsp3) is 0.250. The Balaban J connectivity index is 2.05. The Bertz CT molecular complexity index is 574. The van der Waals surface area contributed by atoms with E-state index in [0.717, 1.165) is 45.2 Å². The van der Waals surface area contributed by atoms with Gasteiger partial charge >= 0.3 is 0 Å². The predicted molar refractivity (Wildman–Crippen MR) is 92.7 cm³/mol. The van der Waals surface area contributed by atoms with E-state index in [1.54, 1.807) is 0 Å². The fourth-order valence-corrected chi connectivity index (χ4v) is 2.55. The Morgan fingerprint density at radius 1 is 1.15 bits per heavy atom. The Labute approximate surface area is 138 Å². The fourth-order valence-electron chi connectivity index (χ4n) is 1.80. The highest BCUT2D eigenvalue weighted by Gasteiger charge is 2.04. The van der Waals surface area contributed by atoms with E-state index in [9.17, 15) is 0 Å². The highest BCUT2D eigenvalue weighted by Crippen LogP contribution is 2.27. The molecule has 0 aliphatic carbocycles. The van der Waals surface area contributed by atoms with Gasteiger partial charge in [-0.25, -0.2) is 0 Å². The highest BCUT2D eigenvalue weighted by molar-refractivity contribution is 14.1. The lowest BCUT2D eigenvalue weighted by Gasteiger charge is -2.10. The first-order chi connectivity index (χ1) is 9.69. The first-order valence-corrected chi connectivity index (χ1v) is 8.07. The van der Waals surface area contributed by atoms with Crippen molar-refractivity contribution in [1.82, 2.24) is 5.32 Å². The maximum atomic E-state index is 6.28. The molecule has 0 bridgehead atoms. The van der Waals surface area contributed by atoms with Gasteiger partial charge in [0.2, 0.25) is 0 Å². The van der Waals surface area contributed by atoms with Crippen LogP contribution >= 0.6 is 34.2 Å². The molecule has 106 valence electrons. The molecule has 2 aromatic rings. The molecular formula is C16H17ClINO. The number of hydrogen-bond donors (Lipinski definition) is 1. The Morgan fingerprint density at radius 2 is 1.95 bits per heavy atom. The molecule has 0 heterocycles. The van der Waals surface area contributed by atoms with Crippen LogP contribution in [0.2, 0.25) is 5.02 Å². The van der Waals surface area contributed by atoms with Crippen molar-refractivity contribution in [1.29, 1.82) is 0 Å². The topological polar surface area (TPSA) is 21.3 Å². The van der Waals surface area contributed by atoms with Crippen molar-refractivity contribution in [3.63, 3.8) is 0 Å². The summed E-state index contributed by atoms with van der Waals surface area (Å²) < 4.78 is 6.96. The van der Waals surface area contributed by atoms with Crippen molar-refractivity contribution in [2.24, 2.45) is 0 Å². The van der Waals surface area contributed by atoms with Gasteiger partial charge in [-0.1, -0.05) is 30.7 Å². The minimum atomic E-state index is 0.733. The molecule has 0 spiro atoms. The van der Waals surface area contributed by atoms with Crippen LogP contribution in [0.5, 0.6) is 11.5 Å². The Hall–Kier alpha value is -0.780. The summed E-state index contributed by atoms with van der Waals surface area (Å²) in [6.07, 6.45) is 1.12. The van der Waals surface area contributed by atoms with E-state index >= 15 is 0 Å². The van der Waals surface area contributed by atoms with Gasteiger partial charge in [0.05, 0.1) is 0 Å². The highest BCUT2D eigenvalue weighted by atomic mass is 127. The Kier molecular flexibility index (Phi) is 6.13. The lowest BCUT2D eigenvalue weighted by atomic mass is 10.2. The largest absolute Gasteiger partial charge is 0.457 e. The molecule has 0 saturated heterocycles. The minimum Gasteiger partial charge on any atom is -0.457 e. The quantitative estimate of drug-likeness (QED) is 0.528. The first kappa shape index (κ1) is 15.6. The molecule has 2 aromatic carbocycles. The molecule has 20 heavy (non-hydrogen) atoms. The van der Waals surface area contributed by atoms with E-state index in [2.05, 4.69) is 34.8 Å². The molecule has 0 aliphatic rings. The zero-order valence-corrected chi connectivity index (χ0v) is 14.2. The van der Waals surface area contributed by atoms with Gasteiger partial charge in [0.25, 0.3) is 0 Å². The lowest BCUT2D eigenvalue weighted by molar-refractivity contribution is 0.482. The standard InChI is InChI=1S/C16H17ClINO/c1-2-8-19-11-12-6-7-15(10-16(12)17)20-14-5-3-4-13(18)9-14/h3-7,9-10,19H,2,8,11H2,1H3. The van der Waals surface area contributed by atoms with Crippen LogP contribution in [-0.4, -0.2) is 6.54 Å². The number of nitrogens with one attached hydrogen (secondary N) is 1. The molecular weight excluding hydrogens is 385 g/mol. The van der Waals surface area contributed by atoms with Crippen LogP contribution in [-0.2, 0) is 6.54 Å².